The molecule has 0 aliphatic carbocycles. The molecule has 0 bridgehead atoms. The van der Waals surface area contributed by atoms with Gasteiger partial charge in [-0.2, -0.15) is 0 Å². The lowest BCUT2D eigenvalue weighted by atomic mass is 10.1. The molecule has 120 valence electrons. The van der Waals surface area contributed by atoms with E-state index in [9.17, 15) is 9.59 Å². The highest BCUT2D eigenvalue weighted by Gasteiger charge is 2.15. The number of rotatable bonds is 6. The van der Waals surface area contributed by atoms with Gasteiger partial charge < -0.3 is 10.2 Å². The van der Waals surface area contributed by atoms with Crippen LogP contribution >= 0.6 is 0 Å². The van der Waals surface area contributed by atoms with Crippen molar-refractivity contribution in [2.45, 2.75) is 20.3 Å². The molecule has 2 amide bonds. The molecule has 0 aliphatic rings. The van der Waals surface area contributed by atoms with Crippen LogP contribution in [0.5, 0.6) is 0 Å². The van der Waals surface area contributed by atoms with E-state index in [1.165, 1.54) is 17.4 Å². The SMILES string of the molecule is CC(=O)N(CC(=O)NCCc1ccccc1)c1ccc(C)cc1. The molecule has 0 aromatic heterocycles. The van der Waals surface area contributed by atoms with Crippen LogP contribution in [-0.2, 0) is 16.0 Å². The number of hydrogen-bond acceptors (Lipinski definition) is 2. The lowest BCUT2D eigenvalue weighted by Crippen LogP contribution is -2.40. The van der Waals surface area contributed by atoms with Gasteiger partial charge in [0.2, 0.25) is 11.8 Å². The molecule has 4 heteroatoms. The van der Waals surface area contributed by atoms with Gasteiger partial charge in [0.1, 0.15) is 6.54 Å². The number of aryl methyl sites for hydroxylation is 1. The smallest absolute Gasteiger partial charge is 0.240 e. The molecular weight excluding hydrogens is 288 g/mol. The fraction of sp³-hybridized carbons (Fsp3) is 0.263. The molecule has 2 aromatic rings. The van der Waals surface area contributed by atoms with Gasteiger partial charge in [-0.05, 0) is 31.0 Å². The first-order chi connectivity index (χ1) is 11.1. The molecule has 0 saturated heterocycles. The molecule has 23 heavy (non-hydrogen) atoms. The average Bonchev–Trinajstić information content (AvgIpc) is 2.54. The largest absolute Gasteiger partial charge is 0.354 e. The molecule has 4 nitrogen and oxygen atoms in total. The van der Waals surface area contributed by atoms with Crippen molar-refractivity contribution in [1.82, 2.24) is 5.32 Å². The summed E-state index contributed by atoms with van der Waals surface area (Å²) in [5.41, 5.74) is 3.03. The van der Waals surface area contributed by atoms with Crippen LogP contribution in [0.2, 0.25) is 0 Å². The number of nitrogens with zero attached hydrogens (tertiary/aromatic N) is 1. The van der Waals surface area contributed by atoms with Gasteiger partial charge in [-0.1, -0.05) is 48.0 Å². The summed E-state index contributed by atoms with van der Waals surface area (Å²) in [6.07, 6.45) is 0.775. The summed E-state index contributed by atoms with van der Waals surface area (Å²) < 4.78 is 0. The second kappa shape index (κ2) is 8.13. The van der Waals surface area contributed by atoms with Gasteiger partial charge in [-0.25, -0.2) is 0 Å². The number of benzene rings is 2. The Morgan fingerprint density at radius 2 is 1.65 bits per heavy atom. The number of carbonyl (C=O) groups is 2. The zero-order valence-corrected chi connectivity index (χ0v) is 13.6. The molecule has 0 saturated carbocycles. The molecule has 2 rings (SSSR count). The molecule has 0 atom stereocenters. The standard InChI is InChI=1S/C19H22N2O2/c1-15-8-10-18(11-9-15)21(16(2)22)14-19(23)20-13-12-17-6-4-3-5-7-17/h3-11H,12-14H2,1-2H3,(H,20,23). The Hall–Kier alpha value is -2.62. The predicted molar refractivity (Wildman–Crippen MR) is 92.4 cm³/mol. The monoisotopic (exact) mass is 310 g/mol. The zero-order valence-electron chi connectivity index (χ0n) is 13.6. The summed E-state index contributed by atoms with van der Waals surface area (Å²) in [7, 11) is 0. The van der Waals surface area contributed by atoms with Crippen molar-refractivity contribution in [1.29, 1.82) is 0 Å². The first-order valence-corrected chi connectivity index (χ1v) is 7.71. The topological polar surface area (TPSA) is 49.4 Å². The normalized spacial score (nSPS) is 10.2. The summed E-state index contributed by atoms with van der Waals surface area (Å²) in [6, 6.07) is 17.5. The van der Waals surface area contributed by atoms with Crippen molar-refractivity contribution in [3.05, 3.63) is 65.7 Å². The predicted octanol–water partition coefficient (Wildman–Crippen LogP) is 2.71. The van der Waals surface area contributed by atoms with E-state index < -0.39 is 0 Å². The zero-order chi connectivity index (χ0) is 16.7. The molecule has 0 heterocycles. The molecule has 1 N–H and O–H groups in total. The van der Waals surface area contributed by atoms with Crippen LogP contribution in [0.3, 0.4) is 0 Å². The highest BCUT2D eigenvalue weighted by Crippen LogP contribution is 2.15. The Labute approximate surface area is 137 Å². The van der Waals surface area contributed by atoms with Crippen molar-refractivity contribution in [3.63, 3.8) is 0 Å². The number of hydrogen-bond donors (Lipinski definition) is 1. The molecule has 0 spiro atoms. The van der Waals surface area contributed by atoms with Crippen LogP contribution in [0.1, 0.15) is 18.1 Å². The summed E-state index contributed by atoms with van der Waals surface area (Å²) >= 11 is 0. The molecule has 0 radical (unpaired) electrons. The van der Waals surface area contributed by atoms with Gasteiger partial charge in [0.05, 0.1) is 0 Å². The van der Waals surface area contributed by atoms with Gasteiger partial charge in [0.25, 0.3) is 0 Å². The molecule has 0 aliphatic heterocycles. The summed E-state index contributed by atoms with van der Waals surface area (Å²) in [4.78, 5) is 25.4. The van der Waals surface area contributed by atoms with Crippen LogP contribution in [0.15, 0.2) is 54.6 Å². The quantitative estimate of drug-likeness (QED) is 0.892. The molecule has 0 unspecified atom stereocenters. The minimum Gasteiger partial charge on any atom is -0.354 e. The minimum absolute atomic E-state index is 0.0349. The van der Waals surface area contributed by atoms with Gasteiger partial charge in [-0.15, -0.1) is 0 Å². The maximum absolute atomic E-state index is 12.1. The third-order valence-electron chi connectivity index (χ3n) is 3.61. The summed E-state index contributed by atoms with van der Waals surface area (Å²) in [6.45, 7) is 4.05. The van der Waals surface area contributed by atoms with E-state index >= 15 is 0 Å². The van der Waals surface area contributed by atoms with Gasteiger partial charge >= 0.3 is 0 Å². The Kier molecular flexibility index (Phi) is 5.92. The Morgan fingerprint density at radius 3 is 2.26 bits per heavy atom. The van der Waals surface area contributed by atoms with Crippen LogP contribution in [0.25, 0.3) is 0 Å². The van der Waals surface area contributed by atoms with Crippen molar-refractivity contribution in [2.75, 3.05) is 18.0 Å². The van der Waals surface area contributed by atoms with Crippen LogP contribution in [0.4, 0.5) is 5.69 Å². The van der Waals surface area contributed by atoms with Gasteiger partial charge in [0.15, 0.2) is 0 Å². The Morgan fingerprint density at radius 1 is 1.00 bits per heavy atom. The fourth-order valence-electron chi connectivity index (χ4n) is 2.30. The third-order valence-corrected chi connectivity index (χ3v) is 3.61. The summed E-state index contributed by atoms with van der Waals surface area (Å²) in [5, 5.41) is 2.86. The minimum atomic E-state index is -0.156. The summed E-state index contributed by atoms with van der Waals surface area (Å²) in [5.74, 6) is -0.302. The molecule has 2 aromatic carbocycles. The second-order valence-corrected chi connectivity index (χ2v) is 5.53. The van der Waals surface area contributed by atoms with Crippen LogP contribution in [0, 0.1) is 6.92 Å². The molecule has 0 fully saturated rings. The van der Waals surface area contributed by atoms with E-state index in [-0.39, 0.29) is 18.4 Å². The van der Waals surface area contributed by atoms with Crippen molar-refractivity contribution in [3.8, 4) is 0 Å². The first kappa shape index (κ1) is 16.7. The number of carbonyl (C=O) groups excluding carboxylic acids is 2. The van der Waals surface area contributed by atoms with Gasteiger partial charge in [-0.3, -0.25) is 9.59 Å². The highest BCUT2D eigenvalue weighted by atomic mass is 16.2. The third kappa shape index (κ3) is 5.25. The molecular formula is C19H22N2O2. The van der Waals surface area contributed by atoms with E-state index in [1.807, 2.05) is 61.5 Å². The number of anilines is 1. The second-order valence-electron chi connectivity index (χ2n) is 5.53. The van der Waals surface area contributed by atoms with Gasteiger partial charge in [0, 0.05) is 19.2 Å². The van der Waals surface area contributed by atoms with E-state index in [1.54, 1.807) is 0 Å². The Balaban J connectivity index is 1.88. The van der Waals surface area contributed by atoms with Crippen molar-refractivity contribution >= 4 is 17.5 Å². The lowest BCUT2D eigenvalue weighted by molar-refractivity contribution is -0.123. The maximum atomic E-state index is 12.1. The number of nitrogens with one attached hydrogen (secondary N) is 1. The Bertz CT molecular complexity index is 651. The van der Waals surface area contributed by atoms with E-state index in [4.69, 9.17) is 0 Å². The van der Waals surface area contributed by atoms with Crippen molar-refractivity contribution in [2.24, 2.45) is 0 Å². The maximum Gasteiger partial charge on any atom is 0.240 e. The van der Waals surface area contributed by atoms with E-state index in [0.29, 0.717) is 6.54 Å². The van der Waals surface area contributed by atoms with E-state index in [0.717, 1.165) is 17.7 Å². The first-order valence-electron chi connectivity index (χ1n) is 7.71. The van der Waals surface area contributed by atoms with E-state index in [2.05, 4.69) is 5.32 Å². The highest BCUT2D eigenvalue weighted by molar-refractivity contribution is 5.97. The van der Waals surface area contributed by atoms with Crippen molar-refractivity contribution < 1.29 is 9.59 Å². The average molecular weight is 310 g/mol. The number of amides is 2. The van der Waals surface area contributed by atoms with Crippen LogP contribution in [-0.4, -0.2) is 24.9 Å². The van der Waals surface area contributed by atoms with Crippen LogP contribution < -0.4 is 10.2 Å². The lowest BCUT2D eigenvalue weighted by Gasteiger charge is -2.20. The fourth-order valence-corrected chi connectivity index (χ4v) is 2.30.